The fraction of sp³-hybridized carbons (Fsp3) is 0.829. The van der Waals surface area contributed by atoms with Crippen LogP contribution in [-0.2, 0) is 19.1 Å². The van der Waals surface area contributed by atoms with Crippen LogP contribution < -0.4 is 5.32 Å². The Kier molecular flexibility index (Phi) is 8.79. The van der Waals surface area contributed by atoms with E-state index in [9.17, 15) is 9.59 Å². The maximum absolute atomic E-state index is 12.4. The zero-order valence-corrected chi connectivity index (χ0v) is 26.2. The molecule has 5 heteroatoms. The summed E-state index contributed by atoms with van der Waals surface area (Å²) in [5, 5.41) is 2.96. The lowest BCUT2D eigenvalue weighted by Crippen LogP contribution is -2.50. The molecule has 0 aromatic heterocycles. The van der Waals surface area contributed by atoms with Crippen LogP contribution in [0.15, 0.2) is 23.0 Å². The second-order valence-electron chi connectivity index (χ2n) is 14.7. The smallest absolute Gasteiger partial charge is 0.306 e. The maximum Gasteiger partial charge on any atom is 0.306 e. The first-order chi connectivity index (χ1) is 19.1. The van der Waals surface area contributed by atoms with Gasteiger partial charge in [-0.1, -0.05) is 52.2 Å². The zero-order chi connectivity index (χ0) is 28.7. The summed E-state index contributed by atoms with van der Waals surface area (Å²) in [6.45, 7) is 14.2. The van der Waals surface area contributed by atoms with Crippen molar-refractivity contribution in [3.8, 4) is 0 Å². The molecule has 3 fully saturated rings. The van der Waals surface area contributed by atoms with Crippen molar-refractivity contribution in [2.24, 2.45) is 40.4 Å². The summed E-state index contributed by atoms with van der Waals surface area (Å²) < 4.78 is 12.7. The minimum absolute atomic E-state index is 0.00671. The number of nitrogens with one attached hydrogen (secondary N) is 1. The Bertz CT molecular complexity index is 1030. The summed E-state index contributed by atoms with van der Waals surface area (Å²) in [4.78, 5) is 23.7. The average Bonchev–Trinajstić information content (AvgIpc) is 3.39. The Morgan fingerprint density at radius 3 is 2.73 bits per heavy atom. The first-order valence-corrected chi connectivity index (χ1v) is 16.6. The van der Waals surface area contributed by atoms with E-state index < -0.39 is 0 Å². The number of carbonyl (C=O) groups is 2. The highest BCUT2D eigenvalue weighted by atomic mass is 16.5. The van der Waals surface area contributed by atoms with Gasteiger partial charge in [0, 0.05) is 38.6 Å². The summed E-state index contributed by atoms with van der Waals surface area (Å²) in [7, 11) is 0. The predicted molar refractivity (Wildman–Crippen MR) is 159 cm³/mol. The van der Waals surface area contributed by atoms with Crippen molar-refractivity contribution in [1.82, 2.24) is 5.32 Å². The number of allylic oxidation sites excluding steroid dienone is 2. The number of carbonyl (C=O) groups excluding carboxylic acids is 2. The summed E-state index contributed by atoms with van der Waals surface area (Å²) in [5.41, 5.74) is 3.68. The van der Waals surface area contributed by atoms with Crippen molar-refractivity contribution in [1.29, 1.82) is 0 Å². The number of ether oxygens (including phenoxy) is 2. The highest BCUT2D eigenvalue weighted by Crippen LogP contribution is 2.69. The van der Waals surface area contributed by atoms with Crippen molar-refractivity contribution in [2.45, 2.75) is 137 Å². The molecule has 0 saturated heterocycles. The molecule has 1 N–H and O–H groups in total. The third-order valence-electron chi connectivity index (χ3n) is 12.1. The van der Waals surface area contributed by atoms with Crippen molar-refractivity contribution in [3.63, 3.8) is 0 Å². The van der Waals surface area contributed by atoms with Crippen LogP contribution in [0.3, 0.4) is 0 Å². The molecule has 0 bridgehead atoms. The maximum atomic E-state index is 12.4. The van der Waals surface area contributed by atoms with Gasteiger partial charge in [0.2, 0.25) is 5.91 Å². The molecule has 0 spiro atoms. The number of hydrogen-bond acceptors (Lipinski definition) is 4. The summed E-state index contributed by atoms with van der Waals surface area (Å²) in [5.74, 6) is 4.51. The SMILES string of the molecule is CCCCCC(=O)O[C@@H]1CC[C@@]2(C)C(=CC[C@@H]3[C@@H]4C[C@@H]5OC(CC[C@H](C)CNC(C)=O)=C(C)[C@@H]5[C@@]4(C)CC[C@@H]32)C1. The van der Waals surface area contributed by atoms with Gasteiger partial charge in [-0.2, -0.15) is 0 Å². The topological polar surface area (TPSA) is 64.6 Å². The third-order valence-corrected chi connectivity index (χ3v) is 12.1. The normalized spacial score (nSPS) is 38.8. The van der Waals surface area contributed by atoms with Gasteiger partial charge in [-0.25, -0.2) is 0 Å². The number of amides is 1. The van der Waals surface area contributed by atoms with Crippen LogP contribution in [0.25, 0.3) is 0 Å². The van der Waals surface area contributed by atoms with Gasteiger partial charge in [0.05, 0.1) is 5.76 Å². The van der Waals surface area contributed by atoms with Gasteiger partial charge < -0.3 is 14.8 Å². The van der Waals surface area contributed by atoms with Gasteiger partial charge in [-0.05, 0) is 98.4 Å². The Hall–Kier alpha value is -1.78. The number of unbranched alkanes of at least 4 members (excludes halogenated alkanes) is 2. The van der Waals surface area contributed by atoms with Crippen LogP contribution in [0.2, 0.25) is 0 Å². The van der Waals surface area contributed by atoms with Crippen molar-refractivity contribution in [3.05, 3.63) is 23.0 Å². The second-order valence-corrected chi connectivity index (χ2v) is 14.7. The fourth-order valence-electron chi connectivity index (χ4n) is 9.87. The van der Waals surface area contributed by atoms with Crippen LogP contribution in [0.1, 0.15) is 125 Å². The molecule has 9 atom stereocenters. The van der Waals surface area contributed by atoms with E-state index in [1.807, 2.05) is 0 Å². The summed E-state index contributed by atoms with van der Waals surface area (Å²) in [6, 6.07) is 0. The van der Waals surface area contributed by atoms with Gasteiger partial charge >= 0.3 is 5.97 Å². The molecule has 1 amide bonds. The van der Waals surface area contributed by atoms with E-state index in [1.54, 1.807) is 12.5 Å². The zero-order valence-electron chi connectivity index (χ0n) is 26.2. The molecule has 5 aliphatic rings. The largest absolute Gasteiger partial charge is 0.494 e. The lowest BCUT2D eigenvalue weighted by Gasteiger charge is -2.58. The number of fused-ring (bicyclic) bond motifs is 7. The van der Waals surface area contributed by atoms with Crippen molar-refractivity contribution < 1.29 is 19.1 Å². The minimum atomic E-state index is 0.00671. The molecule has 3 saturated carbocycles. The molecule has 0 aromatic rings. The van der Waals surface area contributed by atoms with Gasteiger partial charge in [0.15, 0.2) is 0 Å². The molecule has 40 heavy (non-hydrogen) atoms. The molecular formula is C35H55NO4. The molecule has 0 aromatic carbocycles. The molecule has 5 rings (SSSR count). The lowest BCUT2D eigenvalue weighted by atomic mass is 9.47. The molecule has 0 unspecified atom stereocenters. The van der Waals surface area contributed by atoms with Crippen LogP contribution in [0, 0.1) is 40.4 Å². The quantitative estimate of drug-likeness (QED) is 0.170. The summed E-state index contributed by atoms with van der Waals surface area (Å²) >= 11 is 0. The standard InChI is InChI=1S/C35H55NO4/c1-7-8-9-10-32(38)39-26-15-17-34(5)25(19-26)12-13-27-28(34)16-18-35(6)29(27)20-31-33(35)23(3)30(40-31)14-11-22(2)21-36-24(4)37/h12,22,26-29,31,33H,7-11,13-21H2,1-6H3,(H,36,37)/t22-,26+,27-,28-,29-,31-,33-,34-,35-/m0/s1. The number of esters is 1. The van der Waals surface area contributed by atoms with Crippen LogP contribution in [0.4, 0.5) is 0 Å². The third kappa shape index (κ3) is 5.52. The van der Waals surface area contributed by atoms with E-state index in [2.05, 4.69) is 46.0 Å². The Morgan fingerprint density at radius 2 is 1.98 bits per heavy atom. The Labute approximate surface area is 243 Å². The Balaban J connectivity index is 1.23. The van der Waals surface area contributed by atoms with E-state index in [4.69, 9.17) is 9.47 Å². The molecule has 1 heterocycles. The number of hydrogen-bond donors (Lipinski definition) is 1. The molecular weight excluding hydrogens is 498 g/mol. The van der Waals surface area contributed by atoms with Crippen LogP contribution in [0.5, 0.6) is 0 Å². The first kappa shape index (κ1) is 29.7. The average molecular weight is 554 g/mol. The van der Waals surface area contributed by atoms with E-state index in [1.165, 1.54) is 37.0 Å². The van der Waals surface area contributed by atoms with Crippen molar-refractivity contribution >= 4 is 11.9 Å². The second kappa shape index (κ2) is 11.8. The van der Waals surface area contributed by atoms with Gasteiger partial charge in [0.1, 0.15) is 12.2 Å². The monoisotopic (exact) mass is 553 g/mol. The van der Waals surface area contributed by atoms with Gasteiger partial charge in [-0.3, -0.25) is 9.59 Å². The van der Waals surface area contributed by atoms with E-state index in [0.29, 0.717) is 29.8 Å². The van der Waals surface area contributed by atoms with Crippen LogP contribution in [-0.4, -0.2) is 30.6 Å². The molecule has 4 aliphatic carbocycles. The molecule has 5 nitrogen and oxygen atoms in total. The molecule has 1 aliphatic heterocycles. The Morgan fingerprint density at radius 1 is 1.18 bits per heavy atom. The van der Waals surface area contributed by atoms with Crippen LogP contribution >= 0.6 is 0 Å². The first-order valence-electron chi connectivity index (χ1n) is 16.6. The summed E-state index contributed by atoms with van der Waals surface area (Å²) in [6.07, 6.45) is 16.9. The van der Waals surface area contributed by atoms with E-state index in [-0.39, 0.29) is 23.4 Å². The lowest BCUT2D eigenvalue weighted by molar-refractivity contribution is -0.151. The van der Waals surface area contributed by atoms with Crippen molar-refractivity contribution in [2.75, 3.05) is 6.54 Å². The fourth-order valence-corrected chi connectivity index (χ4v) is 9.87. The molecule has 0 radical (unpaired) electrons. The minimum Gasteiger partial charge on any atom is -0.494 e. The highest BCUT2D eigenvalue weighted by Gasteiger charge is 2.63. The van der Waals surface area contributed by atoms with E-state index >= 15 is 0 Å². The predicted octanol–water partition coefficient (Wildman–Crippen LogP) is 7.89. The highest BCUT2D eigenvalue weighted by molar-refractivity contribution is 5.72. The molecule has 224 valence electrons. The van der Waals surface area contributed by atoms with Gasteiger partial charge in [0.25, 0.3) is 0 Å². The van der Waals surface area contributed by atoms with Gasteiger partial charge in [-0.15, -0.1) is 0 Å². The number of rotatable bonds is 10. The van der Waals surface area contributed by atoms with E-state index in [0.717, 1.165) is 75.7 Å².